The SMILES string of the molecule is NCC1CCC(NC=O)C1. The van der Waals surface area contributed by atoms with Crippen LogP contribution < -0.4 is 11.1 Å². The topological polar surface area (TPSA) is 55.1 Å². The Bertz CT molecular complexity index is 116. The highest BCUT2D eigenvalue weighted by Gasteiger charge is 2.22. The van der Waals surface area contributed by atoms with E-state index in [-0.39, 0.29) is 0 Å². The summed E-state index contributed by atoms with van der Waals surface area (Å²) in [5, 5.41) is 2.77. The van der Waals surface area contributed by atoms with Gasteiger partial charge in [0.05, 0.1) is 0 Å². The molecular formula is C7H14N2O. The Balaban J connectivity index is 2.21. The van der Waals surface area contributed by atoms with Gasteiger partial charge in [-0.05, 0) is 31.7 Å². The highest BCUT2D eigenvalue weighted by Crippen LogP contribution is 2.23. The number of amides is 1. The van der Waals surface area contributed by atoms with Crippen molar-refractivity contribution < 1.29 is 4.79 Å². The molecule has 0 saturated heterocycles. The lowest BCUT2D eigenvalue weighted by Gasteiger charge is -2.07. The highest BCUT2D eigenvalue weighted by atomic mass is 16.1. The Hall–Kier alpha value is -0.570. The standard InChI is InChI=1S/C7H14N2O/c8-4-6-1-2-7(3-6)9-5-10/h5-7H,1-4,8H2,(H,9,10). The summed E-state index contributed by atoms with van der Waals surface area (Å²) in [5.74, 6) is 0.637. The first-order chi connectivity index (χ1) is 4.86. The smallest absolute Gasteiger partial charge is 0.207 e. The summed E-state index contributed by atoms with van der Waals surface area (Å²) < 4.78 is 0. The summed E-state index contributed by atoms with van der Waals surface area (Å²) in [6.07, 6.45) is 4.11. The molecule has 1 rings (SSSR count). The average molecular weight is 142 g/mol. The fourth-order valence-corrected chi connectivity index (χ4v) is 1.54. The van der Waals surface area contributed by atoms with Crippen LogP contribution in [0, 0.1) is 5.92 Å². The van der Waals surface area contributed by atoms with E-state index in [0.29, 0.717) is 12.0 Å². The van der Waals surface area contributed by atoms with Gasteiger partial charge in [-0.2, -0.15) is 0 Å². The van der Waals surface area contributed by atoms with E-state index in [4.69, 9.17) is 5.73 Å². The molecule has 3 nitrogen and oxygen atoms in total. The van der Waals surface area contributed by atoms with Crippen LogP contribution in [0.5, 0.6) is 0 Å². The van der Waals surface area contributed by atoms with Crippen LogP contribution in [0.1, 0.15) is 19.3 Å². The first-order valence-electron chi connectivity index (χ1n) is 3.76. The van der Waals surface area contributed by atoms with Gasteiger partial charge < -0.3 is 11.1 Å². The summed E-state index contributed by atoms with van der Waals surface area (Å²) in [6.45, 7) is 0.761. The van der Waals surface area contributed by atoms with Crippen LogP contribution in [0.4, 0.5) is 0 Å². The van der Waals surface area contributed by atoms with Gasteiger partial charge in [0.25, 0.3) is 0 Å². The van der Waals surface area contributed by atoms with Gasteiger partial charge in [0.2, 0.25) is 6.41 Å². The van der Waals surface area contributed by atoms with Crippen molar-refractivity contribution in [2.24, 2.45) is 11.7 Å². The molecule has 1 aliphatic carbocycles. The minimum absolute atomic E-state index is 0.394. The monoisotopic (exact) mass is 142 g/mol. The fourth-order valence-electron chi connectivity index (χ4n) is 1.54. The molecule has 0 aliphatic heterocycles. The largest absolute Gasteiger partial charge is 0.356 e. The second-order valence-electron chi connectivity index (χ2n) is 2.90. The number of carbonyl (C=O) groups excluding carboxylic acids is 1. The van der Waals surface area contributed by atoms with Gasteiger partial charge in [-0.1, -0.05) is 0 Å². The van der Waals surface area contributed by atoms with Gasteiger partial charge in [0.15, 0.2) is 0 Å². The predicted octanol–water partition coefficient (Wildman–Crippen LogP) is -0.140. The minimum Gasteiger partial charge on any atom is -0.356 e. The Kier molecular flexibility index (Phi) is 2.68. The summed E-state index contributed by atoms with van der Waals surface area (Å²) in [7, 11) is 0. The van der Waals surface area contributed by atoms with Crippen molar-refractivity contribution in [2.45, 2.75) is 25.3 Å². The van der Waals surface area contributed by atoms with E-state index in [1.807, 2.05) is 0 Å². The first kappa shape index (κ1) is 7.54. The molecule has 0 aromatic heterocycles. The van der Waals surface area contributed by atoms with Crippen molar-refractivity contribution in [3.63, 3.8) is 0 Å². The number of rotatable bonds is 3. The zero-order valence-electron chi connectivity index (χ0n) is 6.05. The van der Waals surface area contributed by atoms with Crippen LogP contribution in [0.3, 0.4) is 0 Å². The normalized spacial score (nSPS) is 32.1. The Morgan fingerprint density at radius 3 is 2.90 bits per heavy atom. The van der Waals surface area contributed by atoms with Crippen LogP contribution in [0.2, 0.25) is 0 Å². The summed E-state index contributed by atoms with van der Waals surface area (Å²) >= 11 is 0. The third kappa shape index (κ3) is 1.70. The zero-order valence-corrected chi connectivity index (χ0v) is 6.05. The van der Waals surface area contributed by atoms with E-state index in [1.54, 1.807) is 0 Å². The second kappa shape index (κ2) is 3.56. The number of nitrogens with two attached hydrogens (primary N) is 1. The maximum absolute atomic E-state index is 10.0. The zero-order chi connectivity index (χ0) is 7.40. The third-order valence-electron chi connectivity index (χ3n) is 2.18. The van der Waals surface area contributed by atoms with Crippen molar-refractivity contribution in [3.8, 4) is 0 Å². The maximum atomic E-state index is 10.0. The molecule has 1 fully saturated rings. The van der Waals surface area contributed by atoms with Crippen molar-refractivity contribution in [1.82, 2.24) is 5.32 Å². The van der Waals surface area contributed by atoms with Crippen LogP contribution in [0.15, 0.2) is 0 Å². The molecule has 0 bridgehead atoms. The van der Waals surface area contributed by atoms with Gasteiger partial charge in [-0.25, -0.2) is 0 Å². The van der Waals surface area contributed by atoms with Crippen molar-refractivity contribution in [3.05, 3.63) is 0 Å². The molecule has 0 radical (unpaired) electrons. The van der Waals surface area contributed by atoms with Gasteiger partial charge in [0, 0.05) is 6.04 Å². The second-order valence-corrected chi connectivity index (χ2v) is 2.90. The number of nitrogens with one attached hydrogen (secondary N) is 1. The number of carbonyl (C=O) groups is 1. The van der Waals surface area contributed by atoms with E-state index in [9.17, 15) is 4.79 Å². The van der Waals surface area contributed by atoms with E-state index >= 15 is 0 Å². The maximum Gasteiger partial charge on any atom is 0.207 e. The van der Waals surface area contributed by atoms with Crippen molar-refractivity contribution in [1.29, 1.82) is 0 Å². The number of hydrogen-bond donors (Lipinski definition) is 2. The Morgan fingerprint density at radius 1 is 1.60 bits per heavy atom. The molecule has 0 spiro atoms. The van der Waals surface area contributed by atoms with Crippen LogP contribution in [-0.4, -0.2) is 19.0 Å². The molecular weight excluding hydrogens is 128 g/mol. The molecule has 3 heteroatoms. The van der Waals surface area contributed by atoms with Gasteiger partial charge in [-0.3, -0.25) is 4.79 Å². The molecule has 1 aliphatic rings. The molecule has 1 saturated carbocycles. The van der Waals surface area contributed by atoms with E-state index < -0.39 is 0 Å². The fraction of sp³-hybridized carbons (Fsp3) is 0.857. The predicted molar refractivity (Wildman–Crippen MR) is 39.4 cm³/mol. The van der Waals surface area contributed by atoms with Gasteiger partial charge >= 0.3 is 0 Å². The molecule has 0 aromatic carbocycles. The quantitative estimate of drug-likeness (QED) is 0.539. The van der Waals surface area contributed by atoms with Gasteiger partial charge in [-0.15, -0.1) is 0 Å². The summed E-state index contributed by atoms with van der Waals surface area (Å²) in [4.78, 5) is 10.0. The molecule has 0 heterocycles. The molecule has 0 aromatic rings. The van der Waals surface area contributed by atoms with E-state index in [2.05, 4.69) is 5.32 Å². The van der Waals surface area contributed by atoms with Crippen LogP contribution in [0.25, 0.3) is 0 Å². The lowest BCUT2D eigenvalue weighted by Crippen LogP contribution is -2.25. The Morgan fingerprint density at radius 2 is 2.40 bits per heavy atom. The van der Waals surface area contributed by atoms with Gasteiger partial charge in [0.1, 0.15) is 0 Å². The molecule has 10 heavy (non-hydrogen) atoms. The Labute approximate surface area is 61.0 Å². The van der Waals surface area contributed by atoms with Crippen LogP contribution >= 0.6 is 0 Å². The molecule has 1 amide bonds. The summed E-state index contributed by atoms with van der Waals surface area (Å²) in [5.41, 5.74) is 5.48. The molecule has 2 atom stereocenters. The summed E-state index contributed by atoms with van der Waals surface area (Å²) in [6, 6.07) is 0.394. The van der Waals surface area contributed by atoms with E-state index in [0.717, 1.165) is 25.8 Å². The third-order valence-corrected chi connectivity index (χ3v) is 2.18. The highest BCUT2D eigenvalue weighted by molar-refractivity contribution is 5.46. The molecule has 58 valence electrons. The lowest BCUT2D eigenvalue weighted by atomic mass is 10.1. The van der Waals surface area contributed by atoms with Crippen molar-refractivity contribution in [2.75, 3.05) is 6.54 Å². The van der Waals surface area contributed by atoms with Crippen LogP contribution in [-0.2, 0) is 4.79 Å². The molecule has 2 unspecified atom stereocenters. The number of hydrogen-bond acceptors (Lipinski definition) is 2. The van der Waals surface area contributed by atoms with E-state index in [1.165, 1.54) is 6.42 Å². The lowest BCUT2D eigenvalue weighted by molar-refractivity contribution is -0.110. The van der Waals surface area contributed by atoms with Crippen molar-refractivity contribution >= 4 is 6.41 Å². The average Bonchev–Trinajstić information content (AvgIpc) is 2.37. The minimum atomic E-state index is 0.394. The molecule has 3 N–H and O–H groups in total. The first-order valence-corrected chi connectivity index (χ1v) is 3.76.